The Morgan fingerprint density at radius 1 is 1.40 bits per heavy atom. The maximum Gasteiger partial charge on any atom is 0.345 e. The lowest BCUT2D eigenvalue weighted by molar-refractivity contribution is 0.0732. The van der Waals surface area contributed by atoms with Crippen LogP contribution in [-0.2, 0) is 12.8 Å². The molecule has 20 heavy (non-hydrogen) atoms. The number of aromatic nitrogens is 1. The first kappa shape index (κ1) is 14.0. The first-order chi connectivity index (χ1) is 9.74. The first-order valence-electron chi connectivity index (χ1n) is 6.59. The number of pyridine rings is 1. The van der Waals surface area contributed by atoms with Gasteiger partial charge in [-0.1, -0.05) is 25.1 Å². The summed E-state index contributed by atoms with van der Waals surface area (Å²) in [6.07, 6.45) is 6.60. The molecular formula is C17H17NO2. The molecule has 0 atom stereocenters. The number of esters is 1. The van der Waals surface area contributed by atoms with E-state index >= 15 is 0 Å². The lowest BCUT2D eigenvalue weighted by Gasteiger charge is -2.10. The number of hydrogen-bond acceptors (Lipinski definition) is 3. The molecule has 0 fully saturated rings. The molecule has 3 heteroatoms. The molecule has 1 aromatic carbocycles. The first-order valence-corrected chi connectivity index (χ1v) is 6.59. The summed E-state index contributed by atoms with van der Waals surface area (Å²) in [5.74, 6) is 0.221. The highest BCUT2D eigenvalue weighted by molar-refractivity contribution is 5.90. The lowest BCUT2D eigenvalue weighted by Crippen LogP contribution is -2.10. The topological polar surface area (TPSA) is 39.2 Å². The highest BCUT2D eigenvalue weighted by atomic mass is 16.5. The zero-order valence-electron chi connectivity index (χ0n) is 11.5. The van der Waals surface area contributed by atoms with E-state index in [0.717, 1.165) is 24.0 Å². The molecule has 102 valence electrons. The van der Waals surface area contributed by atoms with E-state index in [1.165, 1.54) is 6.20 Å². The molecular weight excluding hydrogens is 250 g/mol. The number of nitrogens with zero attached hydrogens (tertiary/aromatic N) is 1. The van der Waals surface area contributed by atoms with Gasteiger partial charge in [-0.25, -0.2) is 4.79 Å². The number of hydrogen-bond donors (Lipinski definition) is 0. The van der Waals surface area contributed by atoms with Crippen LogP contribution in [0.1, 0.15) is 28.4 Å². The van der Waals surface area contributed by atoms with Gasteiger partial charge in [-0.05, 0) is 42.2 Å². The minimum Gasteiger partial charge on any atom is -0.423 e. The zero-order chi connectivity index (χ0) is 14.4. The van der Waals surface area contributed by atoms with Crippen molar-refractivity contribution in [3.63, 3.8) is 0 Å². The zero-order valence-corrected chi connectivity index (χ0v) is 11.5. The number of carbonyl (C=O) groups is 1. The molecule has 3 nitrogen and oxygen atoms in total. The SMILES string of the molecule is C=CCc1ccc(OC(=O)c2cccnc2)c(CC)c1. The smallest absolute Gasteiger partial charge is 0.345 e. The summed E-state index contributed by atoms with van der Waals surface area (Å²) < 4.78 is 5.45. The highest BCUT2D eigenvalue weighted by Gasteiger charge is 2.11. The van der Waals surface area contributed by atoms with Crippen LogP contribution in [0.4, 0.5) is 0 Å². The minimum atomic E-state index is -0.385. The number of rotatable bonds is 5. The minimum absolute atomic E-state index is 0.385. The summed E-state index contributed by atoms with van der Waals surface area (Å²) in [5, 5.41) is 0. The van der Waals surface area contributed by atoms with Crippen molar-refractivity contribution in [3.05, 3.63) is 72.1 Å². The summed E-state index contributed by atoms with van der Waals surface area (Å²) in [4.78, 5) is 15.9. The van der Waals surface area contributed by atoms with Crippen LogP contribution in [0.25, 0.3) is 0 Å². The van der Waals surface area contributed by atoms with Crippen LogP contribution in [0.2, 0.25) is 0 Å². The molecule has 0 saturated heterocycles. The van der Waals surface area contributed by atoms with Gasteiger partial charge in [0.2, 0.25) is 0 Å². The number of allylic oxidation sites excluding steroid dienone is 1. The fourth-order valence-electron chi connectivity index (χ4n) is 1.94. The molecule has 0 spiro atoms. The molecule has 0 N–H and O–H groups in total. The van der Waals surface area contributed by atoms with E-state index in [9.17, 15) is 4.79 Å². The second-order valence-corrected chi connectivity index (χ2v) is 4.42. The van der Waals surface area contributed by atoms with E-state index in [1.54, 1.807) is 18.3 Å². The van der Waals surface area contributed by atoms with Crippen molar-refractivity contribution in [3.8, 4) is 5.75 Å². The maximum absolute atomic E-state index is 12.0. The summed E-state index contributed by atoms with van der Waals surface area (Å²) in [5.41, 5.74) is 2.63. The molecule has 0 aliphatic heterocycles. The number of carbonyl (C=O) groups excluding carboxylic acids is 1. The quantitative estimate of drug-likeness (QED) is 0.472. The van der Waals surface area contributed by atoms with Gasteiger partial charge in [0.1, 0.15) is 5.75 Å². The van der Waals surface area contributed by atoms with Gasteiger partial charge in [0.15, 0.2) is 0 Å². The summed E-state index contributed by atoms with van der Waals surface area (Å²) in [6.45, 7) is 5.77. The Labute approximate surface area is 118 Å². The predicted octanol–water partition coefficient (Wildman–Crippen LogP) is 3.59. The molecule has 2 rings (SSSR count). The third kappa shape index (κ3) is 3.32. The fourth-order valence-corrected chi connectivity index (χ4v) is 1.94. The molecule has 1 heterocycles. The van der Waals surface area contributed by atoms with Crippen LogP contribution in [-0.4, -0.2) is 11.0 Å². The Kier molecular flexibility index (Phi) is 4.66. The molecule has 0 radical (unpaired) electrons. The maximum atomic E-state index is 12.0. The van der Waals surface area contributed by atoms with E-state index in [-0.39, 0.29) is 5.97 Å². The molecule has 0 bridgehead atoms. The van der Waals surface area contributed by atoms with Gasteiger partial charge < -0.3 is 4.74 Å². The number of aryl methyl sites for hydroxylation is 1. The lowest BCUT2D eigenvalue weighted by atomic mass is 10.1. The summed E-state index contributed by atoms with van der Waals surface area (Å²) >= 11 is 0. The van der Waals surface area contributed by atoms with Crippen molar-refractivity contribution < 1.29 is 9.53 Å². The Hall–Kier alpha value is -2.42. The van der Waals surface area contributed by atoms with Crippen LogP contribution < -0.4 is 4.74 Å². The van der Waals surface area contributed by atoms with Gasteiger partial charge in [-0.15, -0.1) is 6.58 Å². The van der Waals surface area contributed by atoms with E-state index in [2.05, 4.69) is 11.6 Å². The van der Waals surface area contributed by atoms with E-state index in [1.807, 2.05) is 31.2 Å². The predicted molar refractivity (Wildman–Crippen MR) is 78.9 cm³/mol. The van der Waals surface area contributed by atoms with Crippen molar-refractivity contribution in [2.24, 2.45) is 0 Å². The fraction of sp³-hybridized carbons (Fsp3) is 0.176. The second-order valence-electron chi connectivity index (χ2n) is 4.42. The molecule has 0 amide bonds. The van der Waals surface area contributed by atoms with Gasteiger partial charge in [0, 0.05) is 12.4 Å². The van der Waals surface area contributed by atoms with E-state index < -0.39 is 0 Å². The Morgan fingerprint density at radius 3 is 2.90 bits per heavy atom. The Bertz CT molecular complexity index is 606. The standard InChI is InChI=1S/C17H17NO2/c1-3-6-13-8-9-16(14(4-2)11-13)20-17(19)15-7-5-10-18-12-15/h3,5,7-12H,1,4,6H2,2H3. The van der Waals surface area contributed by atoms with Gasteiger partial charge in [0.25, 0.3) is 0 Å². The van der Waals surface area contributed by atoms with Gasteiger partial charge in [-0.2, -0.15) is 0 Å². The largest absolute Gasteiger partial charge is 0.423 e. The van der Waals surface area contributed by atoms with Crippen LogP contribution in [0.5, 0.6) is 5.75 Å². The summed E-state index contributed by atoms with van der Waals surface area (Å²) in [6, 6.07) is 9.24. The molecule has 0 aliphatic rings. The van der Waals surface area contributed by atoms with Crippen LogP contribution in [0, 0.1) is 0 Å². The normalized spacial score (nSPS) is 10.1. The van der Waals surface area contributed by atoms with Crippen molar-refractivity contribution in [1.29, 1.82) is 0 Å². The van der Waals surface area contributed by atoms with Crippen molar-refractivity contribution in [2.45, 2.75) is 19.8 Å². The van der Waals surface area contributed by atoms with Crippen molar-refractivity contribution in [1.82, 2.24) is 4.98 Å². The van der Waals surface area contributed by atoms with Crippen LogP contribution in [0.15, 0.2) is 55.4 Å². The second kappa shape index (κ2) is 6.66. The van der Waals surface area contributed by atoms with Gasteiger partial charge >= 0.3 is 5.97 Å². The monoisotopic (exact) mass is 267 g/mol. The van der Waals surface area contributed by atoms with E-state index in [4.69, 9.17) is 4.74 Å². The Morgan fingerprint density at radius 2 is 2.25 bits per heavy atom. The molecule has 0 aliphatic carbocycles. The van der Waals surface area contributed by atoms with Gasteiger partial charge in [-0.3, -0.25) is 4.98 Å². The van der Waals surface area contributed by atoms with Crippen molar-refractivity contribution in [2.75, 3.05) is 0 Å². The number of ether oxygens (including phenoxy) is 1. The third-order valence-corrected chi connectivity index (χ3v) is 2.99. The van der Waals surface area contributed by atoms with Crippen molar-refractivity contribution >= 4 is 5.97 Å². The molecule has 0 saturated carbocycles. The Balaban J connectivity index is 2.20. The summed E-state index contributed by atoms with van der Waals surface area (Å²) in [7, 11) is 0. The van der Waals surface area contributed by atoms with Crippen LogP contribution in [0.3, 0.4) is 0 Å². The molecule has 2 aromatic rings. The average molecular weight is 267 g/mol. The van der Waals surface area contributed by atoms with E-state index in [0.29, 0.717) is 11.3 Å². The van der Waals surface area contributed by atoms with Crippen LogP contribution >= 0.6 is 0 Å². The highest BCUT2D eigenvalue weighted by Crippen LogP contribution is 2.22. The average Bonchev–Trinajstić information content (AvgIpc) is 2.50. The van der Waals surface area contributed by atoms with Gasteiger partial charge in [0.05, 0.1) is 5.56 Å². The molecule has 1 aromatic heterocycles. The molecule has 0 unspecified atom stereocenters. The number of benzene rings is 1. The third-order valence-electron chi connectivity index (χ3n) is 2.99.